The third kappa shape index (κ3) is 2.16. The number of allylic oxidation sites excluding steroid dienone is 2. The van der Waals surface area contributed by atoms with Gasteiger partial charge in [0.1, 0.15) is 0 Å². The summed E-state index contributed by atoms with van der Waals surface area (Å²) in [4.78, 5) is 11.9. The van der Waals surface area contributed by atoms with Crippen molar-refractivity contribution in [1.82, 2.24) is 0 Å². The van der Waals surface area contributed by atoms with Crippen LogP contribution in [0.1, 0.15) is 43.0 Å². The largest absolute Gasteiger partial charge is 0.352 e. The first-order valence-electron chi connectivity index (χ1n) is 5.94. The van der Waals surface area contributed by atoms with Gasteiger partial charge in [-0.2, -0.15) is 0 Å². The molecule has 2 heteroatoms. The van der Waals surface area contributed by atoms with Crippen molar-refractivity contribution in [2.24, 2.45) is 0 Å². The standard InChI is InChI=1S/C14H17NO/c1-2-3-4-5-10-13-14(16)11-8-6-7-9-12(11)15-13/h6-10,15H,2-5H2,1H3/b13-10-. The van der Waals surface area contributed by atoms with Gasteiger partial charge in [-0.15, -0.1) is 0 Å². The number of hydrogen-bond acceptors (Lipinski definition) is 2. The Kier molecular flexibility index (Phi) is 3.40. The van der Waals surface area contributed by atoms with Crippen molar-refractivity contribution in [2.75, 3.05) is 5.32 Å². The van der Waals surface area contributed by atoms with E-state index in [1.165, 1.54) is 12.8 Å². The zero-order valence-corrected chi connectivity index (χ0v) is 9.62. The minimum Gasteiger partial charge on any atom is -0.352 e. The molecular weight excluding hydrogens is 198 g/mol. The summed E-state index contributed by atoms with van der Waals surface area (Å²) >= 11 is 0. The SMILES string of the molecule is CCCCC/C=C1\Nc2ccccc2C1=O. The molecule has 1 aliphatic rings. The fraction of sp³-hybridized carbons (Fsp3) is 0.357. The number of unbranched alkanes of at least 4 members (excludes halogenated alkanes) is 3. The number of benzene rings is 1. The number of anilines is 1. The number of para-hydroxylation sites is 1. The number of rotatable bonds is 4. The summed E-state index contributed by atoms with van der Waals surface area (Å²) in [6.45, 7) is 2.18. The smallest absolute Gasteiger partial charge is 0.210 e. The second-order valence-electron chi connectivity index (χ2n) is 4.11. The summed E-state index contributed by atoms with van der Waals surface area (Å²) in [5, 5.41) is 3.17. The van der Waals surface area contributed by atoms with E-state index in [1.54, 1.807) is 0 Å². The predicted molar refractivity (Wildman–Crippen MR) is 66.6 cm³/mol. The molecular formula is C14H17NO. The molecule has 16 heavy (non-hydrogen) atoms. The maximum Gasteiger partial charge on any atom is 0.210 e. The molecule has 1 aliphatic heterocycles. The summed E-state index contributed by atoms with van der Waals surface area (Å²) < 4.78 is 0. The summed E-state index contributed by atoms with van der Waals surface area (Å²) in [6.07, 6.45) is 6.61. The van der Waals surface area contributed by atoms with Crippen molar-refractivity contribution < 1.29 is 4.79 Å². The van der Waals surface area contributed by atoms with Crippen molar-refractivity contribution in [3.8, 4) is 0 Å². The minimum absolute atomic E-state index is 0.132. The lowest BCUT2D eigenvalue weighted by atomic mass is 10.1. The molecule has 0 fully saturated rings. The van der Waals surface area contributed by atoms with Crippen LogP contribution in [0.15, 0.2) is 36.0 Å². The Morgan fingerprint density at radius 2 is 2.06 bits per heavy atom. The lowest BCUT2D eigenvalue weighted by Gasteiger charge is -1.98. The molecule has 0 amide bonds. The van der Waals surface area contributed by atoms with Crippen LogP contribution in [-0.2, 0) is 0 Å². The minimum atomic E-state index is 0.132. The molecule has 0 unspecified atom stereocenters. The van der Waals surface area contributed by atoms with Crippen LogP contribution in [0.4, 0.5) is 5.69 Å². The quantitative estimate of drug-likeness (QED) is 0.612. The van der Waals surface area contributed by atoms with Crippen LogP contribution in [0, 0.1) is 0 Å². The first kappa shape index (κ1) is 10.9. The van der Waals surface area contributed by atoms with E-state index < -0.39 is 0 Å². The molecule has 1 N–H and O–H groups in total. The summed E-state index contributed by atoms with van der Waals surface area (Å²) in [7, 11) is 0. The topological polar surface area (TPSA) is 29.1 Å². The van der Waals surface area contributed by atoms with Crippen molar-refractivity contribution in [1.29, 1.82) is 0 Å². The molecule has 1 aromatic rings. The molecule has 2 rings (SSSR count). The van der Waals surface area contributed by atoms with Crippen LogP contribution in [0.5, 0.6) is 0 Å². The molecule has 84 valence electrons. The Bertz CT molecular complexity index is 420. The Labute approximate surface area is 96.4 Å². The Morgan fingerprint density at radius 1 is 1.25 bits per heavy atom. The van der Waals surface area contributed by atoms with Crippen LogP contribution < -0.4 is 5.32 Å². The van der Waals surface area contributed by atoms with Crippen molar-refractivity contribution in [3.05, 3.63) is 41.6 Å². The van der Waals surface area contributed by atoms with Gasteiger partial charge in [0.05, 0.1) is 5.70 Å². The summed E-state index contributed by atoms with van der Waals surface area (Å²) in [5.41, 5.74) is 2.48. The molecule has 0 saturated heterocycles. The second kappa shape index (κ2) is 4.97. The number of carbonyl (C=O) groups excluding carboxylic acids is 1. The van der Waals surface area contributed by atoms with Gasteiger partial charge in [-0.05, 0) is 25.0 Å². The number of ketones is 1. The molecule has 1 heterocycles. The predicted octanol–water partition coefficient (Wildman–Crippen LogP) is 3.76. The van der Waals surface area contributed by atoms with Gasteiger partial charge in [-0.3, -0.25) is 4.79 Å². The molecule has 0 aromatic heterocycles. The molecule has 1 aromatic carbocycles. The van der Waals surface area contributed by atoms with E-state index in [-0.39, 0.29) is 5.78 Å². The van der Waals surface area contributed by atoms with Gasteiger partial charge in [-0.25, -0.2) is 0 Å². The van der Waals surface area contributed by atoms with Gasteiger partial charge in [0.15, 0.2) is 0 Å². The maximum atomic E-state index is 11.9. The third-order valence-corrected chi connectivity index (χ3v) is 2.84. The van der Waals surface area contributed by atoms with Crippen LogP contribution in [0.25, 0.3) is 0 Å². The molecule has 0 saturated carbocycles. The van der Waals surface area contributed by atoms with E-state index in [4.69, 9.17) is 0 Å². The lowest BCUT2D eigenvalue weighted by Crippen LogP contribution is -1.99. The molecule has 0 atom stereocenters. The average Bonchev–Trinajstić information content (AvgIpc) is 2.63. The van der Waals surface area contributed by atoms with Crippen molar-refractivity contribution in [2.45, 2.75) is 32.6 Å². The molecule has 0 radical (unpaired) electrons. The van der Waals surface area contributed by atoms with E-state index in [2.05, 4.69) is 12.2 Å². The molecule has 2 nitrogen and oxygen atoms in total. The van der Waals surface area contributed by atoms with Crippen LogP contribution in [0.3, 0.4) is 0 Å². The lowest BCUT2D eigenvalue weighted by molar-refractivity contribution is 0.104. The van der Waals surface area contributed by atoms with Gasteiger partial charge in [0.25, 0.3) is 0 Å². The van der Waals surface area contributed by atoms with E-state index in [0.717, 1.165) is 29.8 Å². The van der Waals surface area contributed by atoms with Gasteiger partial charge in [0.2, 0.25) is 5.78 Å². The Hall–Kier alpha value is -1.57. The number of Topliss-reactive ketones (excluding diaryl/α,β-unsaturated/α-hetero) is 1. The number of carbonyl (C=O) groups is 1. The molecule has 0 bridgehead atoms. The zero-order chi connectivity index (χ0) is 11.4. The van der Waals surface area contributed by atoms with Crippen molar-refractivity contribution in [3.63, 3.8) is 0 Å². The highest BCUT2D eigenvalue weighted by atomic mass is 16.1. The number of nitrogens with one attached hydrogen (secondary N) is 1. The first-order valence-corrected chi connectivity index (χ1v) is 5.94. The highest BCUT2D eigenvalue weighted by molar-refractivity contribution is 6.18. The highest BCUT2D eigenvalue weighted by Gasteiger charge is 2.22. The normalized spacial score (nSPS) is 16.3. The van der Waals surface area contributed by atoms with Gasteiger partial charge in [0, 0.05) is 11.3 Å². The molecule has 0 spiro atoms. The average molecular weight is 215 g/mol. The molecule has 0 aliphatic carbocycles. The van der Waals surface area contributed by atoms with E-state index in [1.807, 2.05) is 30.3 Å². The van der Waals surface area contributed by atoms with E-state index in [0.29, 0.717) is 0 Å². The maximum absolute atomic E-state index is 11.9. The van der Waals surface area contributed by atoms with E-state index >= 15 is 0 Å². The van der Waals surface area contributed by atoms with Gasteiger partial charge in [-0.1, -0.05) is 38.0 Å². The fourth-order valence-electron chi connectivity index (χ4n) is 1.92. The third-order valence-electron chi connectivity index (χ3n) is 2.84. The number of hydrogen-bond donors (Lipinski definition) is 1. The van der Waals surface area contributed by atoms with E-state index in [9.17, 15) is 4.79 Å². The fourth-order valence-corrected chi connectivity index (χ4v) is 1.92. The van der Waals surface area contributed by atoms with Crippen LogP contribution in [-0.4, -0.2) is 5.78 Å². The number of fused-ring (bicyclic) bond motifs is 1. The Morgan fingerprint density at radius 3 is 2.81 bits per heavy atom. The Balaban J connectivity index is 2.04. The second-order valence-corrected chi connectivity index (χ2v) is 4.11. The summed E-state index contributed by atoms with van der Waals surface area (Å²) in [5.74, 6) is 0.132. The van der Waals surface area contributed by atoms with Gasteiger partial charge < -0.3 is 5.32 Å². The first-order chi connectivity index (χ1) is 7.83. The van der Waals surface area contributed by atoms with Crippen LogP contribution in [0.2, 0.25) is 0 Å². The zero-order valence-electron chi connectivity index (χ0n) is 9.62. The summed E-state index contributed by atoms with van der Waals surface area (Å²) in [6, 6.07) is 7.66. The van der Waals surface area contributed by atoms with Gasteiger partial charge >= 0.3 is 0 Å². The highest BCUT2D eigenvalue weighted by Crippen LogP contribution is 2.27. The van der Waals surface area contributed by atoms with Crippen LogP contribution >= 0.6 is 0 Å². The van der Waals surface area contributed by atoms with Crippen molar-refractivity contribution >= 4 is 11.5 Å². The monoisotopic (exact) mass is 215 g/mol.